The van der Waals surface area contributed by atoms with E-state index in [9.17, 15) is 0 Å². The van der Waals surface area contributed by atoms with Crippen LogP contribution in [-0.2, 0) is 0 Å². The van der Waals surface area contributed by atoms with Crippen molar-refractivity contribution in [3.05, 3.63) is 35.2 Å². The van der Waals surface area contributed by atoms with E-state index in [1.54, 1.807) is 0 Å². The first-order valence-corrected chi connectivity index (χ1v) is 5.12. The summed E-state index contributed by atoms with van der Waals surface area (Å²) in [5, 5.41) is 0. The summed E-state index contributed by atoms with van der Waals surface area (Å²) in [5.41, 5.74) is 0.966. The molecule has 0 fully saturated rings. The van der Waals surface area contributed by atoms with Gasteiger partial charge < -0.3 is 4.74 Å². The van der Waals surface area contributed by atoms with Crippen LogP contribution >= 0.6 is 15.9 Å². The van der Waals surface area contributed by atoms with Gasteiger partial charge in [-0.05, 0) is 36.6 Å². The van der Waals surface area contributed by atoms with E-state index in [-0.39, 0.29) is 0 Å². The summed E-state index contributed by atoms with van der Waals surface area (Å²) >= 11 is 3.40. The molecule has 0 spiro atoms. The Hall–Kier alpha value is -0.500. The first kappa shape index (κ1) is 10.6. The molecule has 0 unspecified atom stereocenters. The average molecular weight is 242 g/mol. The van der Waals surface area contributed by atoms with Crippen molar-refractivity contribution in [1.82, 2.24) is 0 Å². The van der Waals surface area contributed by atoms with Gasteiger partial charge in [-0.2, -0.15) is 0 Å². The Morgan fingerprint density at radius 1 is 1.38 bits per heavy atom. The summed E-state index contributed by atoms with van der Waals surface area (Å²) in [5.74, 6) is 1.43. The number of hydrogen-bond donors (Lipinski definition) is 0. The number of ether oxygens (including phenoxy) is 1. The highest BCUT2D eigenvalue weighted by molar-refractivity contribution is 9.10. The van der Waals surface area contributed by atoms with Crippen LogP contribution in [0.5, 0.6) is 5.75 Å². The molecular formula is C11H14BrO. The van der Waals surface area contributed by atoms with Gasteiger partial charge in [0.2, 0.25) is 0 Å². The third-order valence-electron chi connectivity index (χ3n) is 1.51. The first-order chi connectivity index (χ1) is 6.08. The van der Waals surface area contributed by atoms with Gasteiger partial charge in [0.25, 0.3) is 0 Å². The van der Waals surface area contributed by atoms with E-state index in [4.69, 9.17) is 4.74 Å². The monoisotopic (exact) mass is 241 g/mol. The standard InChI is InChI=1S/C11H14BrO/c1-8(2)7-13-11-5-9(3)4-10(12)6-11/h4-6,8H,3,7H2,1-2H3. The maximum absolute atomic E-state index is 5.56. The van der Waals surface area contributed by atoms with Crippen LogP contribution in [0.15, 0.2) is 22.7 Å². The van der Waals surface area contributed by atoms with E-state index in [0.29, 0.717) is 5.92 Å². The molecule has 1 aromatic rings. The second-order valence-corrected chi connectivity index (χ2v) is 4.42. The molecule has 0 N–H and O–H groups in total. The lowest BCUT2D eigenvalue weighted by Crippen LogP contribution is -2.04. The summed E-state index contributed by atoms with van der Waals surface area (Å²) in [6.07, 6.45) is 0. The van der Waals surface area contributed by atoms with E-state index >= 15 is 0 Å². The van der Waals surface area contributed by atoms with Crippen LogP contribution in [-0.4, -0.2) is 6.61 Å². The first-order valence-electron chi connectivity index (χ1n) is 4.33. The second-order valence-electron chi connectivity index (χ2n) is 3.50. The molecule has 0 aliphatic carbocycles. The van der Waals surface area contributed by atoms with Crippen molar-refractivity contribution in [3.63, 3.8) is 0 Å². The second kappa shape index (κ2) is 4.66. The zero-order valence-corrected chi connectivity index (χ0v) is 9.60. The highest BCUT2D eigenvalue weighted by Crippen LogP contribution is 2.21. The molecule has 71 valence electrons. The topological polar surface area (TPSA) is 9.23 Å². The van der Waals surface area contributed by atoms with Crippen molar-refractivity contribution in [3.8, 4) is 5.75 Å². The molecule has 2 heteroatoms. The highest BCUT2D eigenvalue weighted by Gasteiger charge is 1.99. The SMILES string of the molecule is [CH2]c1cc(Br)cc(OCC(C)C)c1. The third kappa shape index (κ3) is 3.81. The van der Waals surface area contributed by atoms with Gasteiger partial charge in [0.15, 0.2) is 0 Å². The Balaban J connectivity index is 2.66. The molecular weight excluding hydrogens is 228 g/mol. The van der Waals surface area contributed by atoms with Gasteiger partial charge in [-0.25, -0.2) is 0 Å². The van der Waals surface area contributed by atoms with Gasteiger partial charge >= 0.3 is 0 Å². The normalized spacial score (nSPS) is 10.5. The zero-order chi connectivity index (χ0) is 9.84. The Morgan fingerprint density at radius 2 is 2.08 bits per heavy atom. The quantitative estimate of drug-likeness (QED) is 0.785. The minimum atomic E-state index is 0.548. The van der Waals surface area contributed by atoms with Crippen molar-refractivity contribution >= 4 is 15.9 Å². The average Bonchev–Trinajstić information content (AvgIpc) is 1.99. The number of benzene rings is 1. The van der Waals surface area contributed by atoms with Crippen molar-refractivity contribution < 1.29 is 4.74 Å². The van der Waals surface area contributed by atoms with Gasteiger partial charge in [-0.15, -0.1) is 0 Å². The fourth-order valence-corrected chi connectivity index (χ4v) is 1.49. The molecule has 0 heterocycles. The maximum atomic E-state index is 5.56. The fourth-order valence-electron chi connectivity index (χ4n) is 0.967. The van der Waals surface area contributed by atoms with Gasteiger partial charge in [0, 0.05) is 4.47 Å². The molecule has 13 heavy (non-hydrogen) atoms. The summed E-state index contributed by atoms with van der Waals surface area (Å²) < 4.78 is 6.57. The lowest BCUT2D eigenvalue weighted by Gasteiger charge is -2.09. The predicted molar refractivity (Wildman–Crippen MR) is 58.9 cm³/mol. The largest absolute Gasteiger partial charge is 0.493 e. The summed E-state index contributed by atoms with van der Waals surface area (Å²) in [4.78, 5) is 0. The Bertz CT molecular complexity index is 261. The van der Waals surface area contributed by atoms with E-state index in [1.807, 2.05) is 18.2 Å². The molecule has 0 atom stereocenters. The van der Waals surface area contributed by atoms with Crippen molar-refractivity contribution in [1.29, 1.82) is 0 Å². The molecule has 1 radical (unpaired) electrons. The van der Waals surface area contributed by atoms with Crippen LogP contribution in [0.4, 0.5) is 0 Å². The molecule has 1 nitrogen and oxygen atoms in total. The van der Waals surface area contributed by atoms with Crippen LogP contribution in [0.3, 0.4) is 0 Å². The molecule has 1 aromatic carbocycles. The van der Waals surface area contributed by atoms with Gasteiger partial charge in [0.1, 0.15) is 5.75 Å². The van der Waals surface area contributed by atoms with Crippen LogP contribution in [0.2, 0.25) is 0 Å². The van der Waals surface area contributed by atoms with Crippen molar-refractivity contribution in [2.75, 3.05) is 6.61 Å². The molecule has 0 amide bonds. The summed E-state index contributed by atoms with van der Waals surface area (Å²) in [6.45, 7) is 8.86. The molecule has 0 saturated carbocycles. The Labute approximate surface area is 88.2 Å². The van der Waals surface area contributed by atoms with E-state index in [2.05, 4.69) is 36.7 Å². The van der Waals surface area contributed by atoms with Gasteiger partial charge in [0.05, 0.1) is 6.61 Å². The van der Waals surface area contributed by atoms with E-state index in [0.717, 1.165) is 22.4 Å². The maximum Gasteiger partial charge on any atom is 0.120 e. The van der Waals surface area contributed by atoms with Crippen molar-refractivity contribution in [2.24, 2.45) is 5.92 Å². The molecule has 0 aliphatic heterocycles. The third-order valence-corrected chi connectivity index (χ3v) is 1.97. The Morgan fingerprint density at radius 3 is 2.62 bits per heavy atom. The molecule has 0 saturated heterocycles. The molecule has 0 bridgehead atoms. The molecule has 0 aromatic heterocycles. The summed E-state index contributed by atoms with van der Waals surface area (Å²) in [7, 11) is 0. The van der Waals surface area contributed by atoms with Crippen LogP contribution in [0.25, 0.3) is 0 Å². The zero-order valence-electron chi connectivity index (χ0n) is 8.01. The van der Waals surface area contributed by atoms with Crippen LogP contribution in [0.1, 0.15) is 19.4 Å². The fraction of sp³-hybridized carbons (Fsp3) is 0.364. The minimum Gasteiger partial charge on any atom is -0.493 e. The number of rotatable bonds is 3. The van der Waals surface area contributed by atoms with E-state index < -0.39 is 0 Å². The lowest BCUT2D eigenvalue weighted by molar-refractivity contribution is 0.271. The van der Waals surface area contributed by atoms with Crippen LogP contribution < -0.4 is 4.74 Å². The summed E-state index contributed by atoms with van der Waals surface area (Å²) in [6, 6.07) is 5.85. The minimum absolute atomic E-state index is 0.548. The Kier molecular flexibility index (Phi) is 3.79. The number of halogens is 1. The number of hydrogen-bond acceptors (Lipinski definition) is 1. The molecule has 0 aliphatic rings. The smallest absolute Gasteiger partial charge is 0.120 e. The predicted octanol–water partition coefficient (Wildman–Crippen LogP) is 3.67. The highest BCUT2D eigenvalue weighted by atomic mass is 79.9. The van der Waals surface area contributed by atoms with E-state index in [1.165, 1.54) is 0 Å². The van der Waals surface area contributed by atoms with Crippen LogP contribution in [0, 0.1) is 12.8 Å². The van der Waals surface area contributed by atoms with Gasteiger partial charge in [-0.3, -0.25) is 0 Å². The molecule has 1 rings (SSSR count). The van der Waals surface area contributed by atoms with Gasteiger partial charge in [-0.1, -0.05) is 29.8 Å². The van der Waals surface area contributed by atoms with Crippen molar-refractivity contribution in [2.45, 2.75) is 13.8 Å². The lowest BCUT2D eigenvalue weighted by atomic mass is 10.2.